The van der Waals surface area contributed by atoms with Gasteiger partial charge in [-0.05, 0) is 35.7 Å². The van der Waals surface area contributed by atoms with Crippen LogP contribution in [0, 0.1) is 6.92 Å². The van der Waals surface area contributed by atoms with E-state index in [-0.39, 0.29) is 12.5 Å². The first-order valence-corrected chi connectivity index (χ1v) is 13.2. The molecule has 3 aromatic carbocycles. The van der Waals surface area contributed by atoms with Gasteiger partial charge in [0, 0.05) is 20.0 Å². The number of carbonyl (C=O) groups excluding carboxylic acids is 2. The maximum atomic E-state index is 13.8. The standard InChI is InChI=1S/C27H31N3O4S/c1-21-11-10-16-24(17-21)30(35(3,33)34)20-26(31)29(19-23-14-8-5-9-15-23)25(27(32)28-2)18-22-12-6-4-7-13-22/h4-17,25H,18-20H2,1-3H3,(H,28,32)/t25-/m0/s1. The summed E-state index contributed by atoms with van der Waals surface area (Å²) >= 11 is 0. The van der Waals surface area contributed by atoms with E-state index in [1.165, 1.54) is 11.9 Å². The number of aryl methyl sites for hydroxylation is 1. The summed E-state index contributed by atoms with van der Waals surface area (Å²) in [6.07, 6.45) is 1.37. The van der Waals surface area contributed by atoms with E-state index >= 15 is 0 Å². The van der Waals surface area contributed by atoms with Gasteiger partial charge < -0.3 is 10.2 Å². The van der Waals surface area contributed by atoms with Crippen molar-refractivity contribution < 1.29 is 18.0 Å². The molecule has 0 bridgehead atoms. The van der Waals surface area contributed by atoms with Crippen LogP contribution in [-0.2, 0) is 32.6 Å². The molecule has 7 nitrogen and oxygen atoms in total. The molecule has 0 spiro atoms. The second-order valence-corrected chi connectivity index (χ2v) is 10.3. The predicted octanol–water partition coefficient (Wildman–Crippen LogP) is 3.15. The van der Waals surface area contributed by atoms with Crippen LogP contribution < -0.4 is 9.62 Å². The molecule has 0 fully saturated rings. The largest absolute Gasteiger partial charge is 0.357 e. The molecule has 0 aliphatic heterocycles. The summed E-state index contributed by atoms with van der Waals surface area (Å²) in [5, 5.41) is 2.66. The zero-order valence-electron chi connectivity index (χ0n) is 20.2. The number of rotatable bonds is 10. The van der Waals surface area contributed by atoms with E-state index < -0.39 is 28.5 Å². The highest BCUT2D eigenvalue weighted by atomic mass is 32.2. The third-order valence-electron chi connectivity index (χ3n) is 5.68. The second kappa shape index (κ2) is 11.7. The number of hydrogen-bond acceptors (Lipinski definition) is 4. The van der Waals surface area contributed by atoms with Crippen LogP contribution in [0.5, 0.6) is 0 Å². The number of hydrogen-bond donors (Lipinski definition) is 1. The Labute approximate surface area is 207 Å². The maximum Gasteiger partial charge on any atom is 0.244 e. The molecule has 8 heteroatoms. The Kier molecular flexibility index (Phi) is 8.65. The summed E-state index contributed by atoms with van der Waals surface area (Å²) in [5.74, 6) is -0.787. The lowest BCUT2D eigenvalue weighted by molar-refractivity contribution is -0.139. The van der Waals surface area contributed by atoms with Crippen LogP contribution in [0.4, 0.5) is 5.69 Å². The number of carbonyl (C=O) groups is 2. The van der Waals surface area contributed by atoms with E-state index in [0.29, 0.717) is 12.1 Å². The highest BCUT2D eigenvalue weighted by Crippen LogP contribution is 2.21. The van der Waals surface area contributed by atoms with Gasteiger partial charge in [-0.3, -0.25) is 13.9 Å². The van der Waals surface area contributed by atoms with E-state index in [1.54, 1.807) is 18.2 Å². The molecule has 2 amide bonds. The van der Waals surface area contributed by atoms with Gasteiger partial charge in [-0.2, -0.15) is 0 Å². The number of benzene rings is 3. The Morgan fingerprint density at radius 2 is 1.49 bits per heavy atom. The fourth-order valence-electron chi connectivity index (χ4n) is 3.90. The first-order chi connectivity index (χ1) is 16.7. The normalized spacial score (nSPS) is 12.0. The molecular formula is C27H31N3O4S. The average Bonchev–Trinajstić information content (AvgIpc) is 2.84. The van der Waals surface area contributed by atoms with Gasteiger partial charge in [0.2, 0.25) is 21.8 Å². The Morgan fingerprint density at radius 1 is 0.886 bits per heavy atom. The molecule has 35 heavy (non-hydrogen) atoms. The molecule has 0 aromatic heterocycles. The van der Waals surface area contributed by atoms with Crippen LogP contribution in [0.2, 0.25) is 0 Å². The topological polar surface area (TPSA) is 86.8 Å². The Hall–Kier alpha value is -3.65. The van der Waals surface area contributed by atoms with Gasteiger partial charge in [-0.1, -0.05) is 72.8 Å². The summed E-state index contributed by atoms with van der Waals surface area (Å²) < 4.78 is 26.5. The van der Waals surface area contributed by atoms with Crippen molar-refractivity contribution in [1.29, 1.82) is 0 Å². The quantitative estimate of drug-likeness (QED) is 0.470. The van der Waals surface area contributed by atoms with Gasteiger partial charge in [-0.25, -0.2) is 8.42 Å². The number of anilines is 1. The zero-order chi connectivity index (χ0) is 25.4. The van der Waals surface area contributed by atoms with Crippen molar-refractivity contribution in [2.45, 2.75) is 25.9 Å². The number of nitrogens with zero attached hydrogens (tertiary/aromatic N) is 2. The number of likely N-dealkylation sites (N-methyl/N-ethyl adjacent to an activating group) is 1. The van der Waals surface area contributed by atoms with Crippen molar-refractivity contribution >= 4 is 27.5 Å². The molecule has 3 rings (SSSR count). The van der Waals surface area contributed by atoms with Crippen LogP contribution in [0.3, 0.4) is 0 Å². The first-order valence-electron chi connectivity index (χ1n) is 11.3. The molecule has 0 heterocycles. The first kappa shape index (κ1) is 26.0. The van der Waals surface area contributed by atoms with Crippen molar-refractivity contribution in [3.8, 4) is 0 Å². The van der Waals surface area contributed by atoms with Gasteiger partial charge >= 0.3 is 0 Å². The van der Waals surface area contributed by atoms with E-state index in [1.807, 2.05) is 73.7 Å². The van der Waals surface area contributed by atoms with Crippen LogP contribution >= 0.6 is 0 Å². The third kappa shape index (κ3) is 7.16. The maximum absolute atomic E-state index is 13.8. The van der Waals surface area contributed by atoms with Crippen molar-refractivity contribution in [3.63, 3.8) is 0 Å². The predicted molar refractivity (Wildman–Crippen MR) is 138 cm³/mol. The van der Waals surface area contributed by atoms with Crippen molar-refractivity contribution in [2.24, 2.45) is 0 Å². The lowest BCUT2D eigenvalue weighted by Crippen LogP contribution is -2.52. The number of amides is 2. The van der Waals surface area contributed by atoms with Gasteiger partial charge in [0.1, 0.15) is 12.6 Å². The summed E-state index contributed by atoms with van der Waals surface area (Å²) in [4.78, 5) is 28.2. The number of sulfonamides is 1. The monoisotopic (exact) mass is 493 g/mol. The summed E-state index contributed by atoms with van der Waals surface area (Å²) in [5.41, 5.74) is 3.01. The average molecular weight is 494 g/mol. The third-order valence-corrected chi connectivity index (χ3v) is 6.82. The summed E-state index contributed by atoms with van der Waals surface area (Å²) in [7, 11) is -2.23. The highest BCUT2D eigenvalue weighted by Gasteiger charge is 2.32. The minimum absolute atomic E-state index is 0.163. The Morgan fingerprint density at radius 3 is 2.03 bits per heavy atom. The Balaban J connectivity index is 2.00. The van der Waals surface area contributed by atoms with Crippen LogP contribution in [0.15, 0.2) is 84.9 Å². The molecular weight excluding hydrogens is 462 g/mol. The fourth-order valence-corrected chi connectivity index (χ4v) is 4.74. The van der Waals surface area contributed by atoms with Crippen LogP contribution in [0.25, 0.3) is 0 Å². The molecule has 0 saturated heterocycles. The second-order valence-electron chi connectivity index (χ2n) is 8.44. The number of nitrogens with one attached hydrogen (secondary N) is 1. The molecule has 184 valence electrons. The van der Waals surface area contributed by atoms with Gasteiger partial charge in [-0.15, -0.1) is 0 Å². The molecule has 0 unspecified atom stereocenters. The lowest BCUT2D eigenvalue weighted by Gasteiger charge is -2.33. The molecule has 3 aromatic rings. The highest BCUT2D eigenvalue weighted by molar-refractivity contribution is 7.92. The van der Waals surface area contributed by atoms with Crippen molar-refractivity contribution in [2.75, 3.05) is 24.2 Å². The smallest absolute Gasteiger partial charge is 0.244 e. The van der Waals surface area contributed by atoms with Gasteiger partial charge in [0.05, 0.1) is 11.9 Å². The molecule has 1 N–H and O–H groups in total. The zero-order valence-corrected chi connectivity index (χ0v) is 21.0. The van der Waals surface area contributed by atoms with E-state index in [2.05, 4.69) is 5.32 Å². The van der Waals surface area contributed by atoms with E-state index in [4.69, 9.17) is 0 Å². The van der Waals surface area contributed by atoms with Crippen LogP contribution in [-0.4, -0.2) is 51.0 Å². The van der Waals surface area contributed by atoms with Gasteiger partial charge in [0.25, 0.3) is 0 Å². The lowest BCUT2D eigenvalue weighted by atomic mass is 10.0. The minimum atomic E-state index is -3.76. The van der Waals surface area contributed by atoms with E-state index in [9.17, 15) is 18.0 Å². The van der Waals surface area contributed by atoms with Crippen LogP contribution in [0.1, 0.15) is 16.7 Å². The van der Waals surface area contributed by atoms with E-state index in [0.717, 1.165) is 27.3 Å². The minimum Gasteiger partial charge on any atom is -0.357 e. The molecule has 0 saturated carbocycles. The molecule has 0 aliphatic carbocycles. The fraction of sp³-hybridized carbons (Fsp3) is 0.259. The van der Waals surface area contributed by atoms with Crippen molar-refractivity contribution in [1.82, 2.24) is 10.2 Å². The van der Waals surface area contributed by atoms with Gasteiger partial charge in [0.15, 0.2) is 0 Å². The summed E-state index contributed by atoms with van der Waals surface area (Å²) in [6, 6.07) is 24.9. The SMILES string of the molecule is CNC(=O)[C@H](Cc1ccccc1)N(Cc1ccccc1)C(=O)CN(c1cccc(C)c1)S(C)(=O)=O. The Bertz CT molecular complexity index is 1250. The molecule has 0 radical (unpaired) electrons. The van der Waals surface area contributed by atoms with Crippen molar-refractivity contribution in [3.05, 3.63) is 102 Å². The molecule has 1 atom stereocenters. The molecule has 0 aliphatic rings. The summed E-state index contributed by atoms with van der Waals surface area (Å²) in [6.45, 7) is 1.60.